The molecule has 2 rings (SSSR count). The Labute approximate surface area is 122 Å². The SMILES string of the molecule is O=C(Nc1cc(F)ccc1Cl)c1cccc(I)c1. The number of benzene rings is 2. The molecule has 92 valence electrons. The number of anilines is 1. The summed E-state index contributed by atoms with van der Waals surface area (Å²) in [6, 6.07) is 10.9. The van der Waals surface area contributed by atoms with Gasteiger partial charge in [0.15, 0.2) is 0 Å². The summed E-state index contributed by atoms with van der Waals surface area (Å²) in [7, 11) is 0. The van der Waals surface area contributed by atoms with Crippen LogP contribution in [0.15, 0.2) is 42.5 Å². The number of hydrogen-bond donors (Lipinski definition) is 1. The standard InChI is InChI=1S/C13H8ClFINO/c14-11-5-4-9(15)7-12(11)17-13(18)8-2-1-3-10(16)6-8/h1-7H,(H,17,18). The first kappa shape index (κ1) is 13.3. The average Bonchev–Trinajstić information content (AvgIpc) is 2.34. The van der Waals surface area contributed by atoms with Crippen LogP contribution in [-0.2, 0) is 0 Å². The smallest absolute Gasteiger partial charge is 0.255 e. The molecule has 0 heterocycles. The molecule has 2 nitrogen and oxygen atoms in total. The summed E-state index contributed by atoms with van der Waals surface area (Å²) in [5, 5.41) is 2.88. The van der Waals surface area contributed by atoms with Crippen LogP contribution in [0.3, 0.4) is 0 Å². The second kappa shape index (κ2) is 5.67. The van der Waals surface area contributed by atoms with Crippen LogP contribution in [0, 0.1) is 9.39 Å². The lowest BCUT2D eigenvalue weighted by Crippen LogP contribution is -2.12. The monoisotopic (exact) mass is 375 g/mol. The lowest BCUT2D eigenvalue weighted by Gasteiger charge is -2.07. The van der Waals surface area contributed by atoms with Crippen LogP contribution in [0.2, 0.25) is 5.02 Å². The molecule has 0 atom stereocenters. The van der Waals surface area contributed by atoms with Gasteiger partial charge in [0.05, 0.1) is 10.7 Å². The maximum Gasteiger partial charge on any atom is 0.255 e. The Balaban J connectivity index is 2.24. The van der Waals surface area contributed by atoms with Crippen molar-refractivity contribution in [2.24, 2.45) is 0 Å². The zero-order valence-corrected chi connectivity index (χ0v) is 12.0. The summed E-state index contributed by atoms with van der Waals surface area (Å²) in [5.41, 5.74) is 0.766. The van der Waals surface area contributed by atoms with Gasteiger partial charge in [-0.25, -0.2) is 4.39 Å². The lowest BCUT2D eigenvalue weighted by atomic mass is 10.2. The van der Waals surface area contributed by atoms with Crippen molar-refractivity contribution < 1.29 is 9.18 Å². The lowest BCUT2D eigenvalue weighted by molar-refractivity contribution is 0.102. The number of halogens is 3. The third-order valence-corrected chi connectivity index (χ3v) is 3.26. The number of amides is 1. The first-order valence-electron chi connectivity index (χ1n) is 5.08. The zero-order chi connectivity index (χ0) is 13.1. The van der Waals surface area contributed by atoms with E-state index < -0.39 is 5.82 Å². The van der Waals surface area contributed by atoms with Crippen molar-refractivity contribution in [3.8, 4) is 0 Å². The van der Waals surface area contributed by atoms with E-state index in [1.54, 1.807) is 18.2 Å². The quantitative estimate of drug-likeness (QED) is 0.778. The van der Waals surface area contributed by atoms with Crippen LogP contribution in [0.1, 0.15) is 10.4 Å². The zero-order valence-electron chi connectivity index (χ0n) is 9.08. The van der Waals surface area contributed by atoms with Crippen LogP contribution < -0.4 is 5.32 Å². The van der Waals surface area contributed by atoms with E-state index in [4.69, 9.17) is 11.6 Å². The van der Waals surface area contributed by atoms with Gasteiger partial charge >= 0.3 is 0 Å². The highest BCUT2D eigenvalue weighted by Gasteiger charge is 2.09. The fourth-order valence-electron chi connectivity index (χ4n) is 1.42. The Morgan fingerprint density at radius 2 is 2.00 bits per heavy atom. The fraction of sp³-hybridized carbons (Fsp3) is 0. The van der Waals surface area contributed by atoms with E-state index in [2.05, 4.69) is 27.9 Å². The molecule has 5 heteroatoms. The molecule has 0 radical (unpaired) electrons. The summed E-state index contributed by atoms with van der Waals surface area (Å²) < 4.78 is 14.0. The van der Waals surface area contributed by atoms with E-state index in [0.29, 0.717) is 10.6 Å². The van der Waals surface area contributed by atoms with Crippen molar-refractivity contribution >= 4 is 45.8 Å². The third kappa shape index (κ3) is 3.20. The largest absolute Gasteiger partial charge is 0.321 e. The molecular weight excluding hydrogens is 368 g/mol. The molecule has 0 spiro atoms. The molecular formula is C13H8ClFINO. The average molecular weight is 376 g/mol. The van der Waals surface area contributed by atoms with Gasteiger partial charge in [0.25, 0.3) is 5.91 Å². The van der Waals surface area contributed by atoms with E-state index >= 15 is 0 Å². The molecule has 1 N–H and O–H groups in total. The predicted molar refractivity (Wildman–Crippen MR) is 78.5 cm³/mol. The Morgan fingerprint density at radius 1 is 1.22 bits per heavy atom. The Morgan fingerprint density at radius 3 is 2.72 bits per heavy atom. The van der Waals surface area contributed by atoms with Crippen LogP contribution in [0.25, 0.3) is 0 Å². The molecule has 0 fully saturated rings. The number of carbonyl (C=O) groups is 1. The van der Waals surface area contributed by atoms with Crippen molar-refractivity contribution in [2.75, 3.05) is 5.32 Å². The van der Waals surface area contributed by atoms with Gasteiger partial charge in [-0.05, 0) is 59.0 Å². The molecule has 2 aromatic rings. The highest BCUT2D eigenvalue weighted by molar-refractivity contribution is 14.1. The van der Waals surface area contributed by atoms with Gasteiger partial charge in [0.1, 0.15) is 5.82 Å². The Kier molecular flexibility index (Phi) is 4.19. The topological polar surface area (TPSA) is 29.1 Å². The summed E-state index contributed by atoms with van der Waals surface area (Å²) in [5.74, 6) is -0.765. The molecule has 0 aliphatic rings. The minimum atomic E-state index is -0.447. The fourth-order valence-corrected chi connectivity index (χ4v) is 2.13. The number of rotatable bonds is 2. The van der Waals surface area contributed by atoms with Gasteiger partial charge in [-0.3, -0.25) is 4.79 Å². The van der Waals surface area contributed by atoms with Gasteiger partial charge < -0.3 is 5.32 Å². The van der Waals surface area contributed by atoms with Gasteiger partial charge in [0.2, 0.25) is 0 Å². The number of hydrogen-bond acceptors (Lipinski definition) is 1. The van der Waals surface area contributed by atoms with Gasteiger partial charge in [0, 0.05) is 9.13 Å². The Bertz CT molecular complexity index is 603. The van der Waals surface area contributed by atoms with Gasteiger partial charge in [-0.15, -0.1) is 0 Å². The Hall–Kier alpha value is -1.14. The van der Waals surface area contributed by atoms with Gasteiger partial charge in [-0.2, -0.15) is 0 Å². The van der Waals surface area contributed by atoms with Crippen LogP contribution >= 0.6 is 34.2 Å². The van der Waals surface area contributed by atoms with E-state index in [-0.39, 0.29) is 11.6 Å². The highest BCUT2D eigenvalue weighted by atomic mass is 127. The molecule has 0 bridgehead atoms. The first-order chi connectivity index (χ1) is 8.56. The molecule has 0 unspecified atom stereocenters. The minimum Gasteiger partial charge on any atom is -0.321 e. The van der Waals surface area contributed by atoms with Crippen LogP contribution in [0.5, 0.6) is 0 Å². The van der Waals surface area contributed by atoms with Crippen molar-refractivity contribution in [3.05, 3.63) is 62.4 Å². The molecule has 2 aromatic carbocycles. The maximum atomic E-state index is 13.1. The maximum absolute atomic E-state index is 13.1. The highest BCUT2D eigenvalue weighted by Crippen LogP contribution is 2.23. The second-order valence-corrected chi connectivity index (χ2v) is 5.24. The third-order valence-electron chi connectivity index (χ3n) is 2.26. The molecule has 0 aliphatic heterocycles. The van der Waals surface area contributed by atoms with E-state index in [1.165, 1.54) is 18.2 Å². The van der Waals surface area contributed by atoms with E-state index in [1.807, 2.05) is 6.07 Å². The van der Waals surface area contributed by atoms with Crippen LogP contribution in [0.4, 0.5) is 10.1 Å². The molecule has 18 heavy (non-hydrogen) atoms. The molecule has 0 saturated heterocycles. The summed E-state index contributed by atoms with van der Waals surface area (Å²) in [6.45, 7) is 0. The van der Waals surface area contributed by atoms with Crippen molar-refractivity contribution in [3.63, 3.8) is 0 Å². The first-order valence-corrected chi connectivity index (χ1v) is 6.54. The minimum absolute atomic E-state index is 0.264. The molecule has 1 amide bonds. The normalized spacial score (nSPS) is 10.2. The van der Waals surface area contributed by atoms with Crippen molar-refractivity contribution in [1.29, 1.82) is 0 Å². The van der Waals surface area contributed by atoms with Gasteiger partial charge in [-0.1, -0.05) is 17.7 Å². The number of carbonyl (C=O) groups excluding carboxylic acids is 1. The molecule has 0 aliphatic carbocycles. The van der Waals surface area contributed by atoms with Crippen molar-refractivity contribution in [1.82, 2.24) is 0 Å². The summed E-state index contributed by atoms with van der Waals surface area (Å²) in [4.78, 5) is 11.9. The summed E-state index contributed by atoms with van der Waals surface area (Å²) >= 11 is 7.99. The van der Waals surface area contributed by atoms with E-state index in [0.717, 1.165) is 3.57 Å². The second-order valence-electron chi connectivity index (χ2n) is 3.59. The van der Waals surface area contributed by atoms with Crippen molar-refractivity contribution in [2.45, 2.75) is 0 Å². The van der Waals surface area contributed by atoms with E-state index in [9.17, 15) is 9.18 Å². The predicted octanol–water partition coefficient (Wildman–Crippen LogP) is 4.34. The van der Waals surface area contributed by atoms with Crippen LogP contribution in [-0.4, -0.2) is 5.91 Å². The number of nitrogens with one attached hydrogen (secondary N) is 1. The molecule has 0 saturated carbocycles. The molecule has 0 aromatic heterocycles. The summed E-state index contributed by atoms with van der Waals surface area (Å²) in [6.07, 6.45) is 0.